The van der Waals surface area contributed by atoms with Gasteiger partial charge in [0, 0.05) is 55.7 Å². The number of hydrogen-bond acceptors (Lipinski definition) is 4. The maximum Gasteiger partial charge on any atom is 0.109 e. The van der Waals surface area contributed by atoms with Gasteiger partial charge in [0.2, 0.25) is 0 Å². The van der Waals surface area contributed by atoms with Gasteiger partial charge in [-0.1, -0.05) is 0 Å². The second-order valence-electron chi connectivity index (χ2n) is 4.85. The van der Waals surface area contributed by atoms with Gasteiger partial charge in [-0.3, -0.25) is 0 Å². The maximum atomic E-state index is 4.27. The first-order valence-electron chi connectivity index (χ1n) is 7.09. The van der Waals surface area contributed by atoms with E-state index >= 15 is 0 Å². The molecule has 0 unspecified atom stereocenters. The molecule has 4 rings (SSSR count). The van der Waals surface area contributed by atoms with E-state index in [9.17, 15) is 0 Å². The van der Waals surface area contributed by atoms with Crippen LogP contribution in [0.1, 0.15) is 18.1 Å². The Kier molecular flexibility index (Phi) is 5.08. The van der Waals surface area contributed by atoms with E-state index in [1.165, 1.54) is 35.3 Å². The summed E-state index contributed by atoms with van der Waals surface area (Å²) in [6.45, 7) is 1.14. The van der Waals surface area contributed by atoms with E-state index in [1.807, 2.05) is 35.9 Å². The minimum atomic E-state index is 1.09. The molecule has 2 aromatic rings. The SMILES string of the molecule is c1cn2c(n1)CCCSC2.c1cn2c(n1)CCSCC2. The van der Waals surface area contributed by atoms with Crippen molar-refractivity contribution in [2.24, 2.45) is 0 Å². The van der Waals surface area contributed by atoms with Crippen molar-refractivity contribution in [2.75, 3.05) is 17.3 Å². The molecule has 0 bridgehead atoms. The van der Waals surface area contributed by atoms with Crippen LogP contribution in [0.15, 0.2) is 24.8 Å². The van der Waals surface area contributed by atoms with E-state index in [2.05, 4.69) is 31.5 Å². The highest BCUT2D eigenvalue weighted by Crippen LogP contribution is 2.15. The van der Waals surface area contributed by atoms with E-state index in [0.29, 0.717) is 0 Å². The fourth-order valence-electron chi connectivity index (χ4n) is 2.38. The van der Waals surface area contributed by atoms with E-state index < -0.39 is 0 Å². The highest BCUT2D eigenvalue weighted by Gasteiger charge is 2.06. The minimum absolute atomic E-state index is 1.09. The topological polar surface area (TPSA) is 35.6 Å². The molecule has 0 aliphatic carbocycles. The number of fused-ring (bicyclic) bond motifs is 2. The summed E-state index contributed by atoms with van der Waals surface area (Å²) in [6, 6.07) is 0. The van der Waals surface area contributed by atoms with Crippen molar-refractivity contribution in [2.45, 2.75) is 31.7 Å². The molecule has 0 N–H and O–H groups in total. The fourth-order valence-corrected chi connectivity index (χ4v) is 4.15. The summed E-state index contributed by atoms with van der Waals surface area (Å²) in [5.74, 6) is 7.36. The summed E-state index contributed by atoms with van der Waals surface area (Å²) in [5, 5.41) is 0. The molecule has 0 radical (unpaired) electrons. The van der Waals surface area contributed by atoms with Gasteiger partial charge in [0.25, 0.3) is 0 Å². The van der Waals surface area contributed by atoms with Crippen molar-refractivity contribution < 1.29 is 0 Å². The van der Waals surface area contributed by atoms with Gasteiger partial charge in [-0.15, -0.1) is 11.8 Å². The predicted octanol–water partition coefficient (Wildman–Crippen LogP) is 2.69. The molecular formula is C14H20N4S2. The van der Waals surface area contributed by atoms with E-state index in [4.69, 9.17) is 0 Å². The number of imidazole rings is 2. The van der Waals surface area contributed by atoms with Gasteiger partial charge in [0.15, 0.2) is 0 Å². The van der Waals surface area contributed by atoms with E-state index in [0.717, 1.165) is 25.3 Å². The normalized spacial score (nSPS) is 18.0. The zero-order valence-corrected chi connectivity index (χ0v) is 13.2. The Labute approximate surface area is 128 Å². The van der Waals surface area contributed by atoms with Crippen molar-refractivity contribution in [1.82, 2.24) is 19.1 Å². The van der Waals surface area contributed by atoms with Crippen LogP contribution in [0.25, 0.3) is 0 Å². The van der Waals surface area contributed by atoms with Gasteiger partial charge in [0.05, 0.1) is 5.88 Å². The zero-order valence-electron chi connectivity index (χ0n) is 11.6. The molecule has 0 amide bonds. The van der Waals surface area contributed by atoms with Crippen LogP contribution < -0.4 is 0 Å². The second-order valence-corrected chi connectivity index (χ2v) is 7.15. The maximum absolute atomic E-state index is 4.27. The molecule has 2 aliphatic rings. The molecule has 2 aliphatic heterocycles. The summed E-state index contributed by atoms with van der Waals surface area (Å²) in [4.78, 5) is 8.53. The molecule has 4 nitrogen and oxygen atoms in total. The van der Waals surface area contributed by atoms with Gasteiger partial charge in [-0.05, 0) is 12.2 Å². The standard InChI is InChI=1S/2C7H10N2S/c1-5-10-6-4-9-3-2-8-7(1)9;1-2-7-8-3-4-9(7)6-10-5-1/h2-3H,1,4-6H2;3-4H,1-2,5-6H2. The third kappa shape index (κ3) is 3.61. The number of nitrogens with zero attached hydrogens (tertiary/aromatic N) is 4. The monoisotopic (exact) mass is 308 g/mol. The van der Waals surface area contributed by atoms with Crippen LogP contribution >= 0.6 is 23.5 Å². The van der Waals surface area contributed by atoms with Crippen LogP contribution in [-0.4, -0.2) is 36.4 Å². The molecule has 0 saturated carbocycles. The van der Waals surface area contributed by atoms with Crippen LogP contribution in [0.3, 0.4) is 0 Å². The van der Waals surface area contributed by atoms with Gasteiger partial charge in [0.1, 0.15) is 11.6 Å². The highest BCUT2D eigenvalue weighted by atomic mass is 32.2. The summed E-state index contributed by atoms with van der Waals surface area (Å²) in [6.07, 6.45) is 11.5. The molecule has 2 aromatic heterocycles. The number of aryl methyl sites for hydroxylation is 3. The Morgan fingerprint density at radius 1 is 0.850 bits per heavy atom. The number of rotatable bonds is 0. The molecule has 4 heterocycles. The Bertz CT molecular complexity index is 446. The third-order valence-electron chi connectivity index (χ3n) is 3.47. The van der Waals surface area contributed by atoms with Crippen LogP contribution in [0, 0.1) is 0 Å². The number of hydrogen-bond donors (Lipinski definition) is 0. The zero-order chi connectivity index (χ0) is 13.6. The Hall–Kier alpha value is -0.880. The quantitative estimate of drug-likeness (QED) is 0.749. The Morgan fingerprint density at radius 2 is 1.65 bits per heavy atom. The molecule has 20 heavy (non-hydrogen) atoms. The minimum Gasteiger partial charge on any atom is -0.334 e. The molecule has 0 fully saturated rings. The molecule has 0 saturated heterocycles. The molecule has 108 valence electrons. The van der Waals surface area contributed by atoms with Gasteiger partial charge in [-0.2, -0.15) is 11.8 Å². The van der Waals surface area contributed by atoms with Crippen LogP contribution in [0.5, 0.6) is 0 Å². The van der Waals surface area contributed by atoms with E-state index in [1.54, 1.807) is 0 Å². The van der Waals surface area contributed by atoms with Crippen molar-refractivity contribution in [1.29, 1.82) is 0 Å². The van der Waals surface area contributed by atoms with Gasteiger partial charge in [-0.25, -0.2) is 9.97 Å². The molecule has 6 heteroatoms. The molecule has 0 atom stereocenters. The van der Waals surface area contributed by atoms with Crippen molar-refractivity contribution in [3.63, 3.8) is 0 Å². The lowest BCUT2D eigenvalue weighted by Gasteiger charge is -1.98. The fraction of sp³-hybridized carbons (Fsp3) is 0.571. The van der Waals surface area contributed by atoms with Crippen LogP contribution in [0.2, 0.25) is 0 Å². The van der Waals surface area contributed by atoms with E-state index in [-0.39, 0.29) is 0 Å². The predicted molar refractivity (Wildman–Crippen MR) is 86.3 cm³/mol. The molecule has 0 spiro atoms. The van der Waals surface area contributed by atoms with Crippen molar-refractivity contribution >= 4 is 23.5 Å². The average Bonchev–Trinajstić information content (AvgIpc) is 2.98. The van der Waals surface area contributed by atoms with Gasteiger partial charge < -0.3 is 9.13 Å². The first-order chi connectivity index (χ1) is 9.93. The van der Waals surface area contributed by atoms with Gasteiger partial charge >= 0.3 is 0 Å². The average molecular weight is 308 g/mol. The summed E-state index contributed by atoms with van der Waals surface area (Å²) >= 11 is 4.00. The summed E-state index contributed by atoms with van der Waals surface area (Å²) < 4.78 is 4.48. The first-order valence-corrected chi connectivity index (χ1v) is 9.40. The Balaban J connectivity index is 0.000000121. The largest absolute Gasteiger partial charge is 0.334 e. The lowest BCUT2D eigenvalue weighted by atomic mass is 10.3. The third-order valence-corrected chi connectivity index (χ3v) is 5.47. The first kappa shape index (κ1) is 14.1. The number of thioether (sulfide) groups is 2. The van der Waals surface area contributed by atoms with Crippen LogP contribution in [-0.2, 0) is 25.3 Å². The summed E-state index contributed by atoms with van der Waals surface area (Å²) in [5.41, 5.74) is 0. The highest BCUT2D eigenvalue weighted by molar-refractivity contribution is 7.99. The van der Waals surface area contributed by atoms with Crippen molar-refractivity contribution in [3.8, 4) is 0 Å². The Morgan fingerprint density at radius 3 is 2.55 bits per heavy atom. The van der Waals surface area contributed by atoms with Crippen LogP contribution in [0.4, 0.5) is 0 Å². The van der Waals surface area contributed by atoms with Crippen molar-refractivity contribution in [3.05, 3.63) is 36.4 Å². The second kappa shape index (κ2) is 7.22. The number of aromatic nitrogens is 4. The lowest BCUT2D eigenvalue weighted by molar-refractivity contribution is 0.725. The lowest BCUT2D eigenvalue weighted by Crippen LogP contribution is -2.00. The smallest absolute Gasteiger partial charge is 0.109 e. The molecular weight excluding hydrogens is 288 g/mol. The molecule has 0 aromatic carbocycles. The summed E-state index contributed by atoms with van der Waals surface area (Å²) in [7, 11) is 0.